The van der Waals surface area contributed by atoms with E-state index < -0.39 is 28.9 Å². The molecule has 1 aliphatic rings. The smallest absolute Gasteiger partial charge is 0.318 e. The second kappa shape index (κ2) is 7.43. The Bertz CT molecular complexity index is 672. The summed E-state index contributed by atoms with van der Waals surface area (Å²) in [6.45, 7) is 7.35. The predicted octanol–water partition coefficient (Wildman–Crippen LogP) is 2.49. The maximum Gasteiger partial charge on any atom is 0.318 e. The molecule has 1 N–H and O–H groups in total. The lowest BCUT2D eigenvalue weighted by Gasteiger charge is -2.42. The van der Waals surface area contributed by atoms with Crippen LogP contribution >= 0.6 is 23.2 Å². The zero-order valence-corrected chi connectivity index (χ0v) is 16.1. The van der Waals surface area contributed by atoms with E-state index in [1.54, 1.807) is 27.7 Å². The van der Waals surface area contributed by atoms with E-state index in [9.17, 15) is 9.59 Å². The van der Waals surface area contributed by atoms with E-state index in [1.165, 1.54) is 6.20 Å². The molecule has 1 aliphatic heterocycles. The zero-order chi connectivity index (χ0) is 18.8. The molecule has 1 unspecified atom stereocenters. The summed E-state index contributed by atoms with van der Waals surface area (Å²) in [7, 11) is 0. The summed E-state index contributed by atoms with van der Waals surface area (Å²) < 4.78 is 10.6. The third kappa shape index (κ3) is 4.59. The van der Waals surface area contributed by atoms with Gasteiger partial charge in [-0.15, -0.1) is 0 Å². The first kappa shape index (κ1) is 19.9. The number of nitrogens with one attached hydrogen (secondary N) is 1. The normalized spacial score (nSPS) is 17.4. The lowest BCUT2D eigenvalue weighted by Crippen LogP contribution is -2.61. The molecule has 2 rings (SSSR count). The summed E-state index contributed by atoms with van der Waals surface area (Å²) in [6, 6.07) is 0. The highest BCUT2D eigenvalue weighted by Crippen LogP contribution is 2.33. The van der Waals surface area contributed by atoms with E-state index in [1.807, 2.05) is 0 Å². The average Bonchev–Trinajstić information content (AvgIpc) is 2.42. The van der Waals surface area contributed by atoms with E-state index in [-0.39, 0.29) is 23.5 Å². The first-order chi connectivity index (χ1) is 11.6. The van der Waals surface area contributed by atoms with Crippen LogP contribution in [0.4, 0.5) is 0 Å². The van der Waals surface area contributed by atoms with Gasteiger partial charge in [-0.2, -0.15) is 0 Å². The lowest BCUT2D eigenvalue weighted by molar-refractivity contribution is -0.164. The van der Waals surface area contributed by atoms with Crippen molar-refractivity contribution in [3.8, 4) is 0 Å². The molecule has 25 heavy (non-hydrogen) atoms. The van der Waals surface area contributed by atoms with Crippen molar-refractivity contribution in [1.29, 1.82) is 0 Å². The number of ether oxygens (including phenoxy) is 2. The van der Waals surface area contributed by atoms with Crippen LogP contribution < -0.4 is 5.32 Å². The number of esters is 1. The van der Waals surface area contributed by atoms with E-state index in [4.69, 9.17) is 32.7 Å². The molecule has 1 fully saturated rings. The molecule has 1 amide bonds. The van der Waals surface area contributed by atoms with Gasteiger partial charge in [-0.1, -0.05) is 30.1 Å². The van der Waals surface area contributed by atoms with Crippen molar-refractivity contribution in [3.63, 3.8) is 0 Å². The van der Waals surface area contributed by atoms with Gasteiger partial charge in [-0.25, -0.2) is 4.98 Å². The Morgan fingerprint density at radius 3 is 2.48 bits per heavy atom. The fraction of sp³-hybridized carbons (Fsp3) is 0.625. The van der Waals surface area contributed by atoms with Gasteiger partial charge in [0.1, 0.15) is 27.9 Å². The molecule has 7 nitrogen and oxygen atoms in total. The Balaban J connectivity index is 2.19. The zero-order valence-electron chi connectivity index (χ0n) is 14.6. The Morgan fingerprint density at radius 2 is 2.04 bits per heavy atom. The number of rotatable bonds is 5. The standard InChI is InChI=1S/C16H21Cl2N3O4/c1-5-9(14(23)25-15(2,3)4)13(22)21-16(7-24-8-16)11-12(18)20-10(17)6-19-11/h6,9H,5,7-8H2,1-4H3,(H,21,22). The molecule has 1 aromatic rings. The second-order valence-corrected chi connectivity index (χ2v) is 7.64. The molecule has 2 heterocycles. The fourth-order valence-corrected chi connectivity index (χ4v) is 2.89. The summed E-state index contributed by atoms with van der Waals surface area (Å²) in [4.78, 5) is 33.1. The number of aromatic nitrogens is 2. The molecule has 0 bridgehead atoms. The van der Waals surface area contributed by atoms with Gasteiger partial charge in [-0.3, -0.25) is 14.6 Å². The van der Waals surface area contributed by atoms with Crippen LogP contribution in [0.5, 0.6) is 0 Å². The van der Waals surface area contributed by atoms with Crippen molar-refractivity contribution in [1.82, 2.24) is 15.3 Å². The molecule has 0 aliphatic carbocycles. The number of carbonyl (C=O) groups excluding carboxylic acids is 2. The Labute approximate surface area is 156 Å². The van der Waals surface area contributed by atoms with Crippen LogP contribution in [0.3, 0.4) is 0 Å². The van der Waals surface area contributed by atoms with Gasteiger partial charge in [0.25, 0.3) is 0 Å². The summed E-state index contributed by atoms with van der Waals surface area (Å²) in [5.74, 6) is -1.97. The van der Waals surface area contributed by atoms with Crippen LogP contribution in [-0.2, 0) is 24.6 Å². The van der Waals surface area contributed by atoms with Crippen molar-refractivity contribution < 1.29 is 19.1 Å². The number of carbonyl (C=O) groups is 2. The summed E-state index contributed by atoms with van der Waals surface area (Å²) in [5.41, 5.74) is -1.24. The van der Waals surface area contributed by atoms with Gasteiger partial charge < -0.3 is 14.8 Å². The second-order valence-electron chi connectivity index (χ2n) is 6.89. The van der Waals surface area contributed by atoms with Crippen LogP contribution in [0, 0.1) is 5.92 Å². The summed E-state index contributed by atoms with van der Waals surface area (Å²) in [5, 5.41) is 3.06. The van der Waals surface area contributed by atoms with Crippen LogP contribution in [-0.4, -0.2) is 40.7 Å². The first-order valence-corrected chi connectivity index (χ1v) is 8.65. The number of halogens is 2. The molecule has 1 atom stereocenters. The van der Waals surface area contributed by atoms with Gasteiger partial charge in [0.15, 0.2) is 5.15 Å². The van der Waals surface area contributed by atoms with Crippen LogP contribution in [0.15, 0.2) is 6.20 Å². The minimum absolute atomic E-state index is 0.0846. The van der Waals surface area contributed by atoms with Crippen LogP contribution in [0.2, 0.25) is 10.3 Å². The van der Waals surface area contributed by atoms with Crippen LogP contribution in [0.25, 0.3) is 0 Å². The molecule has 1 saturated heterocycles. The van der Waals surface area contributed by atoms with Crippen molar-refractivity contribution >= 4 is 35.1 Å². The Hall–Kier alpha value is -1.44. The molecular formula is C16H21Cl2N3O4. The number of hydrogen-bond acceptors (Lipinski definition) is 6. The highest BCUT2D eigenvalue weighted by molar-refractivity contribution is 6.32. The van der Waals surface area contributed by atoms with E-state index >= 15 is 0 Å². The number of hydrogen-bond donors (Lipinski definition) is 1. The van der Waals surface area contributed by atoms with Gasteiger partial charge >= 0.3 is 5.97 Å². The largest absolute Gasteiger partial charge is 0.459 e. The third-order valence-electron chi connectivity index (χ3n) is 3.63. The SMILES string of the molecule is CCC(C(=O)NC1(c2ncc(Cl)nc2Cl)COC1)C(=O)OC(C)(C)C. The first-order valence-electron chi connectivity index (χ1n) is 7.89. The third-order valence-corrected chi connectivity index (χ3v) is 4.07. The van der Waals surface area contributed by atoms with E-state index in [0.717, 1.165) is 0 Å². The fourth-order valence-electron chi connectivity index (χ4n) is 2.40. The van der Waals surface area contributed by atoms with E-state index in [0.29, 0.717) is 12.1 Å². The van der Waals surface area contributed by atoms with E-state index in [2.05, 4.69) is 15.3 Å². The van der Waals surface area contributed by atoms with Gasteiger partial charge in [-0.05, 0) is 27.2 Å². The van der Waals surface area contributed by atoms with Crippen molar-refractivity contribution in [3.05, 3.63) is 22.2 Å². The summed E-state index contributed by atoms with van der Waals surface area (Å²) >= 11 is 11.9. The molecule has 0 radical (unpaired) electrons. The van der Waals surface area contributed by atoms with Crippen molar-refractivity contribution in [2.45, 2.75) is 45.3 Å². The summed E-state index contributed by atoms with van der Waals surface area (Å²) in [6.07, 6.45) is 1.65. The molecule has 9 heteroatoms. The van der Waals surface area contributed by atoms with Crippen molar-refractivity contribution in [2.75, 3.05) is 13.2 Å². The predicted molar refractivity (Wildman–Crippen MR) is 92.3 cm³/mol. The maximum atomic E-state index is 12.7. The molecule has 0 aromatic carbocycles. The minimum Gasteiger partial charge on any atom is -0.459 e. The number of nitrogens with zero attached hydrogens (tertiary/aromatic N) is 2. The van der Waals surface area contributed by atoms with Gasteiger partial charge in [0.05, 0.1) is 19.4 Å². The average molecular weight is 390 g/mol. The molecule has 138 valence electrons. The molecular weight excluding hydrogens is 369 g/mol. The highest BCUT2D eigenvalue weighted by atomic mass is 35.5. The molecule has 0 saturated carbocycles. The lowest BCUT2D eigenvalue weighted by atomic mass is 9.91. The number of amides is 1. The van der Waals surface area contributed by atoms with Gasteiger partial charge in [0, 0.05) is 0 Å². The Morgan fingerprint density at radius 1 is 1.40 bits per heavy atom. The van der Waals surface area contributed by atoms with Gasteiger partial charge in [0.2, 0.25) is 5.91 Å². The maximum absolute atomic E-state index is 12.7. The molecule has 1 aromatic heterocycles. The Kier molecular flexibility index (Phi) is 5.91. The minimum atomic E-state index is -0.935. The van der Waals surface area contributed by atoms with Crippen LogP contribution in [0.1, 0.15) is 39.8 Å². The highest BCUT2D eigenvalue weighted by Gasteiger charge is 2.47. The monoisotopic (exact) mass is 389 g/mol. The molecule has 0 spiro atoms. The van der Waals surface area contributed by atoms with Crippen molar-refractivity contribution in [2.24, 2.45) is 5.92 Å². The topological polar surface area (TPSA) is 90.4 Å². The quantitative estimate of drug-likeness (QED) is 0.614.